The van der Waals surface area contributed by atoms with E-state index in [0.717, 1.165) is 31.2 Å². The summed E-state index contributed by atoms with van der Waals surface area (Å²) in [5.41, 5.74) is 15.4. The average Bonchev–Trinajstić information content (AvgIpc) is 3.87. The Morgan fingerprint density at radius 3 is 1.52 bits per heavy atom. The number of Topliss-reactive ketones (excluding diaryl/α,β-unsaturated/α-hetero) is 1. The molecule has 0 unspecified atom stereocenters. The summed E-state index contributed by atoms with van der Waals surface area (Å²) < 4.78 is 5.13. The highest BCUT2D eigenvalue weighted by Crippen LogP contribution is 2.59. The monoisotopic (exact) mass is 761 g/mol. The number of benzene rings is 4. The smallest absolute Gasteiger partial charge is 0.169 e. The number of nitrogens with zero attached hydrogens (tertiary/aromatic N) is 3. The van der Waals surface area contributed by atoms with Crippen LogP contribution >= 0.6 is 0 Å². The molecule has 4 nitrogen and oxygen atoms in total. The topological polar surface area (TPSA) is 38.8 Å². The number of hydrogen-bond acceptors (Lipinski definition) is 2. The molecule has 58 heavy (non-hydrogen) atoms. The van der Waals surface area contributed by atoms with Crippen molar-refractivity contribution < 1.29 is 4.79 Å². The van der Waals surface area contributed by atoms with E-state index in [4.69, 9.17) is 4.98 Å². The number of hydrogen-bond donors (Lipinski definition) is 0. The number of carbonyl (C=O) groups excluding carboxylic acids is 1. The second-order valence-corrected chi connectivity index (χ2v) is 23.1. The quantitative estimate of drug-likeness (QED) is 0.154. The van der Waals surface area contributed by atoms with E-state index < -0.39 is 0 Å². The highest BCUT2D eigenvalue weighted by Gasteiger charge is 2.51. The molecule has 0 amide bonds. The molecule has 4 bridgehead atoms. The number of rotatable bonds is 0. The highest BCUT2D eigenvalue weighted by molar-refractivity contribution is 6.30. The number of ketones is 1. The number of pyridine rings is 1. The van der Waals surface area contributed by atoms with E-state index in [-0.39, 0.29) is 32.5 Å². The summed E-state index contributed by atoms with van der Waals surface area (Å²) in [4.78, 5) is 20.0. The molecule has 0 radical (unpaired) electrons. The SMILES string of the molecule is CC12CCC(C)(CC1)c1cc3c4cc(C(C)(C)C)cc5c6cc7c(cc6n(c3cc1C2=O)c45)c1cc(C(C)(C)C)cc2c3c4c(ncc3n7c12)C1(C)CCC4(C)CC1. The van der Waals surface area contributed by atoms with Gasteiger partial charge in [0.1, 0.15) is 0 Å². The molecule has 5 aromatic heterocycles. The summed E-state index contributed by atoms with van der Waals surface area (Å²) in [5.74, 6) is 0.353. The predicted octanol–water partition coefficient (Wildman–Crippen LogP) is 14.1. The maximum absolute atomic E-state index is 14.6. The second kappa shape index (κ2) is 9.83. The molecule has 0 N–H and O–H groups in total. The first-order valence-corrected chi connectivity index (χ1v) is 22.3. The average molecular weight is 762 g/mol. The van der Waals surface area contributed by atoms with Crippen LogP contribution in [0.2, 0.25) is 0 Å². The Hall–Kier alpha value is -4.70. The van der Waals surface area contributed by atoms with Gasteiger partial charge >= 0.3 is 0 Å². The molecule has 2 saturated carbocycles. The van der Waals surface area contributed by atoms with Gasteiger partial charge in [-0.3, -0.25) is 9.78 Å². The molecule has 6 aliphatic carbocycles. The van der Waals surface area contributed by atoms with Crippen molar-refractivity contribution in [1.82, 2.24) is 13.8 Å². The summed E-state index contributed by atoms with van der Waals surface area (Å²) in [6.07, 6.45) is 11.3. The second-order valence-electron chi connectivity index (χ2n) is 23.1. The first kappa shape index (κ1) is 34.2. The van der Waals surface area contributed by atoms with Crippen LogP contribution in [-0.4, -0.2) is 19.6 Å². The first-order chi connectivity index (χ1) is 27.3. The molecule has 0 spiro atoms. The van der Waals surface area contributed by atoms with Gasteiger partial charge in [-0.25, -0.2) is 0 Å². The van der Waals surface area contributed by atoms with E-state index in [0.29, 0.717) is 5.78 Å². The fourth-order valence-electron chi connectivity index (χ4n) is 13.2. The van der Waals surface area contributed by atoms with E-state index in [1.807, 2.05) is 0 Å². The molecule has 4 heteroatoms. The Labute approximate surface area is 340 Å². The largest absolute Gasteiger partial charge is 0.308 e. The summed E-state index contributed by atoms with van der Waals surface area (Å²) >= 11 is 0. The molecule has 0 aliphatic heterocycles. The summed E-state index contributed by atoms with van der Waals surface area (Å²) in [6.45, 7) is 23.8. The van der Waals surface area contributed by atoms with Crippen molar-refractivity contribution in [1.29, 1.82) is 0 Å². The fraction of sp³-hybridized carbons (Fsp3) is 0.444. The third kappa shape index (κ3) is 3.82. The van der Waals surface area contributed by atoms with Crippen LogP contribution in [0.3, 0.4) is 0 Å². The Morgan fingerprint density at radius 1 is 0.500 bits per heavy atom. The number of aromatic nitrogens is 3. The third-order valence-electron chi connectivity index (χ3n) is 17.3. The van der Waals surface area contributed by atoms with Crippen molar-refractivity contribution in [3.8, 4) is 0 Å². The molecule has 15 rings (SSSR count). The van der Waals surface area contributed by atoms with Crippen LogP contribution in [0.1, 0.15) is 159 Å². The fourth-order valence-corrected chi connectivity index (χ4v) is 13.2. The van der Waals surface area contributed by atoms with E-state index in [9.17, 15) is 4.79 Å². The van der Waals surface area contributed by atoms with Gasteiger partial charge in [0.05, 0.1) is 45.0 Å². The van der Waals surface area contributed by atoms with E-state index in [2.05, 4.69) is 133 Å². The van der Waals surface area contributed by atoms with E-state index in [1.165, 1.54) is 130 Å². The van der Waals surface area contributed by atoms with Gasteiger partial charge in [0.25, 0.3) is 0 Å². The maximum atomic E-state index is 14.6. The van der Waals surface area contributed by atoms with Crippen molar-refractivity contribution in [2.75, 3.05) is 0 Å². The van der Waals surface area contributed by atoms with Gasteiger partial charge < -0.3 is 8.80 Å². The zero-order valence-corrected chi connectivity index (χ0v) is 36.1. The number of fused-ring (bicyclic) bond motifs is 16. The van der Waals surface area contributed by atoms with Gasteiger partial charge in [-0.15, -0.1) is 0 Å². The van der Waals surface area contributed by atoms with Crippen molar-refractivity contribution in [2.45, 2.75) is 148 Å². The minimum Gasteiger partial charge on any atom is -0.308 e. The zero-order chi connectivity index (χ0) is 40.0. The lowest BCUT2D eigenvalue weighted by Gasteiger charge is -2.51. The Morgan fingerprint density at radius 2 is 0.948 bits per heavy atom. The van der Waals surface area contributed by atoms with E-state index in [1.54, 1.807) is 0 Å². The molecule has 4 aromatic carbocycles. The molecule has 0 saturated heterocycles. The minimum absolute atomic E-state index is 0.0139. The normalized spacial score (nSPS) is 27.6. The van der Waals surface area contributed by atoms with Gasteiger partial charge in [-0.05, 0) is 144 Å². The molecule has 5 heterocycles. The van der Waals surface area contributed by atoms with Crippen LogP contribution in [0, 0.1) is 5.41 Å². The molecule has 2 fully saturated rings. The van der Waals surface area contributed by atoms with Crippen molar-refractivity contribution in [2.24, 2.45) is 5.41 Å². The molecular weight excluding hydrogens is 707 g/mol. The summed E-state index contributed by atoms with van der Waals surface area (Å²) in [7, 11) is 0. The van der Waals surface area contributed by atoms with Crippen molar-refractivity contribution >= 4 is 82.0 Å². The number of carbonyl (C=O) groups is 1. The summed E-state index contributed by atoms with van der Waals surface area (Å²) in [6, 6.07) is 19.8. The lowest BCUT2D eigenvalue weighted by molar-refractivity contribution is 0.0732. The molecule has 6 aliphatic rings. The standard InChI is InChI=1S/C54H55N3O/c1-49(2,3)28-19-33-30-23-38-36(48(58)54(10)17-11-51(38,7)12-18-54)26-41(30)56-39-24-32-35-21-29(50(4,5)6)22-37-43-42(27-55-47-44(43)52(8)13-15-53(47,9)16-14-52)57(46(35)37)40(32)25-31(39)34(20-28)45(33)56/h19-27H,11-18H2,1-10H3. The van der Waals surface area contributed by atoms with Crippen molar-refractivity contribution in [3.63, 3.8) is 0 Å². The Balaban J connectivity index is 1.22. The minimum atomic E-state index is -0.277. The molecular formula is C54H55N3O. The third-order valence-corrected chi connectivity index (χ3v) is 17.3. The first-order valence-electron chi connectivity index (χ1n) is 22.3. The lowest BCUT2D eigenvalue weighted by Crippen LogP contribution is -2.45. The van der Waals surface area contributed by atoms with Crippen LogP contribution in [0.15, 0.2) is 54.7 Å². The van der Waals surface area contributed by atoms with Gasteiger partial charge in [-0.1, -0.05) is 69.2 Å². The van der Waals surface area contributed by atoms with Gasteiger partial charge in [0.15, 0.2) is 5.78 Å². The van der Waals surface area contributed by atoms with Crippen LogP contribution in [0.25, 0.3) is 76.2 Å². The Bertz CT molecular complexity index is 3370. The molecule has 0 atom stereocenters. The van der Waals surface area contributed by atoms with Crippen molar-refractivity contribution in [3.05, 3.63) is 88.2 Å². The zero-order valence-electron chi connectivity index (χ0n) is 36.1. The van der Waals surface area contributed by atoms with E-state index >= 15 is 0 Å². The van der Waals surface area contributed by atoms with Crippen LogP contribution in [-0.2, 0) is 27.1 Å². The van der Waals surface area contributed by atoms with Gasteiger partial charge in [0.2, 0.25) is 0 Å². The van der Waals surface area contributed by atoms with Crippen LogP contribution < -0.4 is 0 Å². The summed E-state index contributed by atoms with van der Waals surface area (Å²) in [5, 5.41) is 10.7. The molecule has 9 aromatic rings. The Kier molecular flexibility index (Phi) is 5.80. The lowest BCUT2D eigenvalue weighted by atomic mass is 9.53. The maximum Gasteiger partial charge on any atom is 0.169 e. The van der Waals surface area contributed by atoms with Crippen LogP contribution in [0.5, 0.6) is 0 Å². The van der Waals surface area contributed by atoms with Gasteiger partial charge in [0, 0.05) is 59.5 Å². The molecule has 292 valence electrons. The van der Waals surface area contributed by atoms with Gasteiger partial charge in [-0.2, -0.15) is 0 Å². The predicted molar refractivity (Wildman–Crippen MR) is 242 cm³/mol. The highest BCUT2D eigenvalue weighted by atomic mass is 16.1. The van der Waals surface area contributed by atoms with Crippen LogP contribution in [0.4, 0.5) is 0 Å².